The topological polar surface area (TPSA) is 42.7 Å². The number of hydrogen-bond donors (Lipinski definition) is 1. The molecule has 4 nitrogen and oxygen atoms in total. The molecule has 0 radical (unpaired) electrons. The van der Waals surface area contributed by atoms with Crippen LogP contribution in [-0.4, -0.2) is 21.1 Å². The zero-order chi connectivity index (χ0) is 12.3. The summed E-state index contributed by atoms with van der Waals surface area (Å²) in [6, 6.07) is 0.146. The van der Waals surface area contributed by atoms with Gasteiger partial charge in [-0.15, -0.1) is 11.3 Å². The Bertz CT molecular complexity index is 461. The number of nitrogens with one attached hydrogen (secondary N) is 1. The molecule has 1 atom stereocenters. The number of imidazole rings is 1. The van der Waals surface area contributed by atoms with Crippen LogP contribution in [-0.2, 0) is 7.05 Å². The molecule has 0 spiro atoms. The normalized spacial score (nSPS) is 12.9. The second-order valence-electron chi connectivity index (χ2n) is 4.09. The predicted molar refractivity (Wildman–Crippen MR) is 70.2 cm³/mol. The van der Waals surface area contributed by atoms with Crippen molar-refractivity contribution in [3.63, 3.8) is 0 Å². The van der Waals surface area contributed by atoms with E-state index in [4.69, 9.17) is 0 Å². The summed E-state index contributed by atoms with van der Waals surface area (Å²) in [5.74, 6) is 1.03. The van der Waals surface area contributed by atoms with E-state index in [1.807, 2.05) is 25.7 Å². The number of hydrogen-bond acceptors (Lipinski definition) is 4. The molecular formula is C12H18N4S. The smallest absolute Gasteiger partial charge is 0.105 e. The summed E-state index contributed by atoms with van der Waals surface area (Å²) in [6.07, 6.45) is 3.04. The van der Waals surface area contributed by atoms with Crippen molar-refractivity contribution in [2.75, 3.05) is 6.54 Å². The Morgan fingerprint density at radius 1 is 1.47 bits per heavy atom. The quantitative estimate of drug-likeness (QED) is 0.885. The van der Waals surface area contributed by atoms with Gasteiger partial charge in [-0.25, -0.2) is 9.97 Å². The summed E-state index contributed by atoms with van der Waals surface area (Å²) in [6.45, 7) is 5.16. The first-order valence-corrected chi connectivity index (χ1v) is 6.78. The highest BCUT2D eigenvalue weighted by atomic mass is 32.1. The van der Waals surface area contributed by atoms with Gasteiger partial charge in [0.15, 0.2) is 0 Å². The number of aryl methyl sites for hydroxylation is 1. The summed E-state index contributed by atoms with van der Waals surface area (Å²) in [5.41, 5.74) is 4.12. The fourth-order valence-corrected chi connectivity index (χ4v) is 2.38. The lowest BCUT2D eigenvalue weighted by Crippen LogP contribution is -2.25. The van der Waals surface area contributed by atoms with Gasteiger partial charge in [0, 0.05) is 12.4 Å². The molecule has 0 aliphatic heterocycles. The van der Waals surface area contributed by atoms with Gasteiger partial charge in [-0.2, -0.15) is 0 Å². The molecule has 2 heterocycles. The third kappa shape index (κ3) is 2.56. The Hall–Kier alpha value is -1.20. The van der Waals surface area contributed by atoms with Crippen molar-refractivity contribution in [3.05, 3.63) is 34.3 Å². The first-order valence-electron chi connectivity index (χ1n) is 5.83. The molecule has 0 aromatic carbocycles. The monoisotopic (exact) mass is 250 g/mol. The van der Waals surface area contributed by atoms with Crippen molar-refractivity contribution < 1.29 is 0 Å². The van der Waals surface area contributed by atoms with Crippen molar-refractivity contribution in [2.45, 2.75) is 26.3 Å². The Kier molecular flexibility index (Phi) is 3.91. The van der Waals surface area contributed by atoms with Gasteiger partial charge in [0.2, 0.25) is 0 Å². The van der Waals surface area contributed by atoms with E-state index in [2.05, 4.69) is 32.2 Å². The van der Waals surface area contributed by atoms with Crippen LogP contribution in [0.25, 0.3) is 0 Å². The van der Waals surface area contributed by atoms with E-state index in [0.717, 1.165) is 24.5 Å². The van der Waals surface area contributed by atoms with E-state index in [-0.39, 0.29) is 6.04 Å². The van der Waals surface area contributed by atoms with Crippen LogP contribution in [0.1, 0.15) is 36.6 Å². The van der Waals surface area contributed by atoms with Crippen LogP contribution in [0, 0.1) is 6.92 Å². The van der Waals surface area contributed by atoms with Crippen LogP contribution < -0.4 is 5.32 Å². The van der Waals surface area contributed by atoms with Crippen LogP contribution in [0.3, 0.4) is 0 Å². The number of thiazole rings is 1. The third-order valence-electron chi connectivity index (χ3n) is 2.90. The maximum Gasteiger partial charge on any atom is 0.105 e. The molecule has 0 fully saturated rings. The Morgan fingerprint density at radius 2 is 2.29 bits per heavy atom. The van der Waals surface area contributed by atoms with Gasteiger partial charge in [0.1, 0.15) is 5.82 Å². The lowest BCUT2D eigenvalue weighted by atomic mass is 10.1. The molecule has 0 aliphatic rings. The van der Waals surface area contributed by atoms with Crippen LogP contribution in [0.4, 0.5) is 0 Å². The predicted octanol–water partition coefficient (Wildman–Crippen LogP) is 2.27. The molecule has 5 heteroatoms. The van der Waals surface area contributed by atoms with E-state index in [0.29, 0.717) is 0 Å². The Balaban J connectivity index is 2.30. The summed E-state index contributed by atoms with van der Waals surface area (Å²) < 4.78 is 2.12. The van der Waals surface area contributed by atoms with Gasteiger partial charge in [0.05, 0.1) is 29.1 Å². The fourth-order valence-electron chi connectivity index (χ4n) is 1.80. The first kappa shape index (κ1) is 12.3. The van der Waals surface area contributed by atoms with E-state index in [9.17, 15) is 0 Å². The molecule has 1 unspecified atom stereocenters. The minimum Gasteiger partial charge on any atom is -0.334 e. The Labute approximate surface area is 106 Å². The van der Waals surface area contributed by atoms with Gasteiger partial charge in [-0.3, -0.25) is 0 Å². The molecule has 2 aromatic rings. The van der Waals surface area contributed by atoms with E-state index < -0.39 is 0 Å². The molecule has 17 heavy (non-hydrogen) atoms. The average molecular weight is 250 g/mol. The zero-order valence-corrected chi connectivity index (χ0v) is 11.3. The molecule has 1 N–H and O–H groups in total. The molecule has 2 aromatic heterocycles. The zero-order valence-electron chi connectivity index (χ0n) is 10.5. The highest BCUT2D eigenvalue weighted by Gasteiger charge is 2.19. The highest BCUT2D eigenvalue weighted by molar-refractivity contribution is 7.07. The van der Waals surface area contributed by atoms with Gasteiger partial charge < -0.3 is 9.88 Å². The van der Waals surface area contributed by atoms with E-state index >= 15 is 0 Å². The second kappa shape index (κ2) is 5.42. The lowest BCUT2D eigenvalue weighted by Gasteiger charge is -2.17. The summed E-state index contributed by atoms with van der Waals surface area (Å²) in [7, 11) is 2.05. The Morgan fingerprint density at radius 3 is 2.82 bits per heavy atom. The third-order valence-corrected chi connectivity index (χ3v) is 3.50. The maximum absolute atomic E-state index is 4.41. The number of nitrogens with zero attached hydrogens (tertiary/aromatic N) is 3. The molecule has 0 saturated carbocycles. The summed E-state index contributed by atoms with van der Waals surface area (Å²) in [5, 5.41) is 5.62. The average Bonchev–Trinajstić information content (AvgIpc) is 2.94. The maximum atomic E-state index is 4.41. The SMILES string of the molecule is CCCNC(c1cscn1)c1cnc(C)n1C. The van der Waals surface area contributed by atoms with Gasteiger partial charge >= 0.3 is 0 Å². The molecule has 0 saturated heterocycles. The van der Waals surface area contributed by atoms with Crippen molar-refractivity contribution in [2.24, 2.45) is 7.05 Å². The van der Waals surface area contributed by atoms with Crippen molar-refractivity contribution >= 4 is 11.3 Å². The van der Waals surface area contributed by atoms with Crippen molar-refractivity contribution in [1.29, 1.82) is 0 Å². The molecule has 0 amide bonds. The summed E-state index contributed by atoms with van der Waals surface area (Å²) in [4.78, 5) is 8.76. The summed E-state index contributed by atoms with van der Waals surface area (Å²) >= 11 is 1.63. The number of aromatic nitrogens is 3. The molecule has 92 valence electrons. The molecule has 0 bridgehead atoms. The van der Waals surface area contributed by atoms with Crippen molar-refractivity contribution in [3.8, 4) is 0 Å². The molecule has 2 rings (SSSR count). The minimum absolute atomic E-state index is 0.146. The highest BCUT2D eigenvalue weighted by Crippen LogP contribution is 2.22. The van der Waals surface area contributed by atoms with Crippen LogP contribution in [0.5, 0.6) is 0 Å². The standard InChI is InChI=1S/C12H18N4S/c1-4-5-13-12(10-7-17-8-15-10)11-6-14-9(2)16(11)3/h6-8,12-13H,4-5H2,1-3H3. The first-order chi connectivity index (χ1) is 8.24. The largest absolute Gasteiger partial charge is 0.334 e. The van der Waals surface area contributed by atoms with Gasteiger partial charge in [-0.05, 0) is 19.9 Å². The van der Waals surface area contributed by atoms with Crippen LogP contribution in [0.2, 0.25) is 0 Å². The minimum atomic E-state index is 0.146. The lowest BCUT2D eigenvalue weighted by molar-refractivity contribution is 0.558. The fraction of sp³-hybridized carbons (Fsp3) is 0.500. The number of rotatable bonds is 5. The van der Waals surface area contributed by atoms with Crippen LogP contribution in [0.15, 0.2) is 17.1 Å². The van der Waals surface area contributed by atoms with Gasteiger partial charge in [0.25, 0.3) is 0 Å². The van der Waals surface area contributed by atoms with Crippen molar-refractivity contribution in [1.82, 2.24) is 19.9 Å². The van der Waals surface area contributed by atoms with Crippen LogP contribution >= 0.6 is 11.3 Å². The molecular weight excluding hydrogens is 232 g/mol. The van der Waals surface area contributed by atoms with Gasteiger partial charge in [-0.1, -0.05) is 6.92 Å². The molecule has 0 aliphatic carbocycles. The van der Waals surface area contributed by atoms with E-state index in [1.54, 1.807) is 11.3 Å². The second-order valence-corrected chi connectivity index (χ2v) is 4.81. The van der Waals surface area contributed by atoms with E-state index in [1.165, 1.54) is 5.69 Å².